The molecule has 1 amide bonds. The first-order chi connectivity index (χ1) is 14.1. The van der Waals surface area contributed by atoms with Gasteiger partial charge in [0, 0.05) is 11.4 Å². The number of aromatic amines is 1. The lowest BCUT2D eigenvalue weighted by molar-refractivity contribution is 0.0913. The SMILES string of the molecule is CC1CCN(C(CNC(=O)c2ccc(-c3ccco3)[nH]c2=O)c2cccs2)CC1. The Morgan fingerprint density at radius 2 is 2.10 bits per heavy atom. The van der Waals surface area contributed by atoms with E-state index in [4.69, 9.17) is 4.42 Å². The van der Waals surface area contributed by atoms with Gasteiger partial charge in [0.15, 0.2) is 0 Å². The fourth-order valence-corrected chi connectivity index (χ4v) is 4.60. The van der Waals surface area contributed by atoms with Crippen LogP contribution in [0, 0.1) is 5.92 Å². The Morgan fingerprint density at radius 1 is 1.28 bits per heavy atom. The maximum absolute atomic E-state index is 12.7. The van der Waals surface area contributed by atoms with Crippen molar-refractivity contribution in [1.29, 1.82) is 0 Å². The summed E-state index contributed by atoms with van der Waals surface area (Å²) in [7, 11) is 0. The Morgan fingerprint density at radius 3 is 2.76 bits per heavy atom. The van der Waals surface area contributed by atoms with Crippen molar-refractivity contribution in [2.45, 2.75) is 25.8 Å². The molecule has 0 saturated carbocycles. The molecule has 4 rings (SSSR count). The van der Waals surface area contributed by atoms with Crippen molar-refractivity contribution in [2.75, 3.05) is 19.6 Å². The molecule has 1 aliphatic heterocycles. The van der Waals surface area contributed by atoms with Crippen molar-refractivity contribution < 1.29 is 9.21 Å². The minimum Gasteiger partial charge on any atom is -0.463 e. The van der Waals surface area contributed by atoms with Crippen molar-refractivity contribution >= 4 is 17.2 Å². The van der Waals surface area contributed by atoms with E-state index in [9.17, 15) is 9.59 Å². The predicted molar refractivity (Wildman–Crippen MR) is 114 cm³/mol. The summed E-state index contributed by atoms with van der Waals surface area (Å²) in [5, 5.41) is 5.04. The Balaban J connectivity index is 1.46. The van der Waals surface area contributed by atoms with Gasteiger partial charge in [0.1, 0.15) is 11.3 Å². The molecule has 2 N–H and O–H groups in total. The second-order valence-corrected chi connectivity index (χ2v) is 8.53. The van der Waals surface area contributed by atoms with Crippen LogP contribution < -0.4 is 10.9 Å². The van der Waals surface area contributed by atoms with Crippen LogP contribution in [-0.4, -0.2) is 35.4 Å². The van der Waals surface area contributed by atoms with Crippen LogP contribution in [0.4, 0.5) is 0 Å². The number of carbonyl (C=O) groups excluding carboxylic acids is 1. The van der Waals surface area contributed by atoms with Gasteiger partial charge < -0.3 is 14.7 Å². The van der Waals surface area contributed by atoms with E-state index in [2.05, 4.69) is 33.6 Å². The molecule has 0 bridgehead atoms. The summed E-state index contributed by atoms with van der Waals surface area (Å²) in [6.07, 6.45) is 3.88. The molecule has 3 aromatic rings. The molecule has 3 aromatic heterocycles. The predicted octanol–water partition coefficient (Wildman–Crippen LogP) is 3.90. The molecular formula is C22H25N3O3S. The molecule has 0 aliphatic carbocycles. The summed E-state index contributed by atoms with van der Waals surface area (Å²) in [4.78, 5) is 31.5. The minimum absolute atomic E-state index is 0.109. The number of likely N-dealkylation sites (tertiary alicyclic amines) is 1. The van der Waals surface area contributed by atoms with Crippen molar-refractivity contribution in [1.82, 2.24) is 15.2 Å². The number of aromatic nitrogens is 1. The highest BCUT2D eigenvalue weighted by Crippen LogP contribution is 2.29. The number of thiophene rings is 1. The van der Waals surface area contributed by atoms with Gasteiger partial charge in [-0.15, -0.1) is 11.3 Å². The number of carbonyl (C=O) groups is 1. The fraction of sp³-hybridized carbons (Fsp3) is 0.364. The Hall–Kier alpha value is -2.64. The summed E-state index contributed by atoms with van der Waals surface area (Å²) in [6, 6.07) is 11.0. The highest BCUT2D eigenvalue weighted by Gasteiger charge is 2.26. The molecular weight excluding hydrogens is 386 g/mol. The average Bonchev–Trinajstić information content (AvgIpc) is 3.44. The summed E-state index contributed by atoms with van der Waals surface area (Å²) < 4.78 is 5.29. The van der Waals surface area contributed by atoms with Gasteiger partial charge in [-0.2, -0.15) is 0 Å². The highest BCUT2D eigenvalue weighted by atomic mass is 32.1. The molecule has 1 aliphatic rings. The largest absolute Gasteiger partial charge is 0.463 e. The number of rotatable bonds is 6. The fourth-order valence-electron chi connectivity index (χ4n) is 3.74. The third-order valence-corrected chi connectivity index (χ3v) is 6.50. The second kappa shape index (κ2) is 8.80. The van der Waals surface area contributed by atoms with Gasteiger partial charge in [-0.25, -0.2) is 0 Å². The van der Waals surface area contributed by atoms with Crippen LogP contribution in [0.25, 0.3) is 11.5 Å². The van der Waals surface area contributed by atoms with E-state index in [1.54, 1.807) is 41.9 Å². The lowest BCUT2D eigenvalue weighted by Gasteiger charge is -2.36. The number of amides is 1. The number of pyridine rings is 1. The number of hydrogen-bond acceptors (Lipinski definition) is 5. The number of furan rings is 1. The van der Waals surface area contributed by atoms with E-state index in [1.165, 1.54) is 17.7 Å². The zero-order valence-electron chi connectivity index (χ0n) is 16.4. The lowest BCUT2D eigenvalue weighted by Crippen LogP contribution is -2.42. The molecule has 1 unspecified atom stereocenters. The summed E-state index contributed by atoms with van der Waals surface area (Å²) in [5.41, 5.74) is 0.240. The third-order valence-electron chi connectivity index (χ3n) is 5.53. The molecule has 4 heterocycles. The topological polar surface area (TPSA) is 78.3 Å². The van der Waals surface area contributed by atoms with Crippen LogP contribution in [0.2, 0.25) is 0 Å². The zero-order valence-corrected chi connectivity index (χ0v) is 17.2. The average molecular weight is 412 g/mol. The van der Waals surface area contributed by atoms with Gasteiger partial charge in [0.25, 0.3) is 11.5 Å². The molecule has 6 nitrogen and oxygen atoms in total. The second-order valence-electron chi connectivity index (χ2n) is 7.55. The van der Waals surface area contributed by atoms with Crippen LogP contribution in [0.15, 0.2) is 57.3 Å². The standard InChI is InChI=1S/C22H25N3O3S/c1-15-8-10-25(11-9-15)18(20-5-3-13-29-20)14-23-21(26)16-6-7-17(24-22(16)27)19-4-2-12-28-19/h2-7,12-13,15,18H,8-11,14H2,1H3,(H,23,26)(H,24,27). The van der Waals surface area contributed by atoms with Gasteiger partial charge in [-0.1, -0.05) is 13.0 Å². The maximum Gasteiger partial charge on any atom is 0.261 e. The first-order valence-corrected chi connectivity index (χ1v) is 10.8. The van der Waals surface area contributed by atoms with Crippen molar-refractivity contribution in [3.63, 3.8) is 0 Å². The number of nitrogens with one attached hydrogen (secondary N) is 2. The first-order valence-electron chi connectivity index (χ1n) is 9.94. The molecule has 29 heavy (non-hydrogen) atoms. The van der Waals surface area contributed by atoms with E-state index >= 15 is 0 Å². The molecule has 1 atom stereocenters. The number of hydrogen-bond donors (Lipinski definition) is 2. The van der Waals surface area contributed by atoms with E-state index in [-0.39, 0.29) is 17.5 Å². The lowest BCUT2D eigenvalue weighted by atomic mass is 9.97. The summed E-state index contributed by atoms with van der Waals surface area (Å²) in [5.74, 6) is 0.950. The smallest absolute Gasteiger partial charge is 0.261 e. The van der Waals surface area contributed by atoms with Gasteiger partial charge in [0.2, 0.25) is 0 Å². The highest BCUT2D eigenvalue weighted by molar-refractivity contribution is 7.10. The van der Waals surface area contributed by atoms with E-state index < -0.39 is 5.56 Å². The van der Waals surface area contributed by atoms with E-state index in [0.717, 1.165) is 19.0 Å². The molecule has 1 saturated heterocycles. The summed E-state index contributed by atoms with van der Waals surface area (Å²) in [6.45, 7) is 4.82. The van der Waals surface area contributed by atoms with Gasteiger partial charge in [-0.05, 0) is 67.6 Å². The molecule has 1 fully saturated rings. The van der Waals surface area contributed by atoms with Crippen molar-refractivity contribution in [2.24, 2.45) is 5.92 Å². The maximum atomic E-state index is 12.7. The van der Waals surface area contributed by atoms with Crippen LogP contribution in [0.5, 0.6) is 0 Å². The van der Waals surface area contributed by atoms with Crippen LogP contribution in [-0.2, 0) is 0 Å². The molecule has 152 valence electrons. The normalized spacial score (nSPS) is 16.6. The molecule has 0 spiro atoms. The summed E-state index contributed by atoms with van der Waals surface area (Å²) >= 11 is 1.71. The molecule has 0 radical (unpaired) electrons. The van der Waals surface area contributed by atoms with E-state index in [0.29, 0.717) is 18.0 Å². The Kier molecular flexibility index (Phi) is 5.97. The Bertz CT molecular complexity index is 987. The Labute approximate surface area is 173 Å². The van der Waals surface area contributed by atoms with Gasteiger partial charge in [0.05, 0.1) is 18.0 Å². The van der Waals surface area contributed by atoms with Gasteiger partial charge in [-0.3, -0.25) is 14.5 Å². The minimum atomic E-state index is -0.420. The van der Waals surface area contributed by atoms with Crippen LogP contribution in [0.1, 0.15) is 41.0 Å². The number of piperidine rings is 1. The first kappa shape index (κ1) is 19.7. The number of H-pyrrole nitrogens is 1. The quantitative estimate of drug-likeness (QED) is 0.645. The molecule has 0 aromatic carbocycles. The van der Waals surface area contributed by atoms with Crippen LogP contribution >= 0.6 is 11.3 Å². The monoisotopic (exact) mass is 411 g/mol. The van der Waals surface area contributed by atoms with Gasteiger partial charge >= 0.3 is 0 Å². The molecule has 7 heteroatoms. The van der Waals surface area contributed by atoms with E-state index in [1.807, 2.05) is 6.07 Å². The zero-order chi connectivity index (χ0) is 20.2. The van der Waals surface area contributed by atoms with Crippen molar-refractivity contribution in [3.05, 3.63) is 68.8 Å². The third kappa shape index (κ3) is 4.52. The van der Waals surface area contributed by atoms with Crippen LogP contribution in [0.3, 0.4) is 0 Å². The van der Waals surface area contributed by atoms with Crippen molar-refractivity contribution in [3.8, 4) is 11.5 Å². The number of nitrogens with zero attached hydrogens (tertiary/aromatic N) is 1.